The highest BCUT2D eigenvalue weighted by atomic mass is 16.1. The standard InChI is InChI=1S/C10H17NO/c1-4-5-6-9(12)7-8-10(2,3)11/h6-8,11H2,1-3H3. The summed E-state index contributed by atoms with van der Waals surface area (Å²) in [5, 5.41) is 0. The number of hydrogen-bond donors (Lipinski definition) is 1. The van der Waals surface area contributed by atoms with E-state index in [0.717, 1.165) is 6.42 Å². The van der Waals surface area contributed by atoms with Crippen LogP contribution in [0.3, 0.4) is 0 Å². The van der Waals surface area contributed by atoms with Gasteiger partial charge in [0, 0.05) is 12.0 Å². The molecule has 0 aliphatic carbocycles. The van der Waals surface area contributed by atoms with Crippen LogP contribution in [0.4, 0.5) is 0 Å². The first-order valence-corrected chi connectivity index (χ1v) is 4.16. The molecule has 0 aliphatic rings. The molecule has 0 unspecified atom stereocenters. The molecule has 12 heavy (non-hydrogen) atoms. The molecule has 0 spiro atoms. The summed E-state index contributed by atoms with van der Waals surface area (Å²) in [6, 6.07) is 0. The van der Waals surface area contributed by atoms with Crippen LogP contribution in [-0.2, 0) is 4.79 Å². The van der Waals surface area contributed by atoms with Crippen molar-refractivity contribution in [3.63, 3.8) is 0 Å². The maximum absolute atomic E-state index is 11.1. The van der Waals surface area contributed by atoms with Crippen LogP contribution in [0, 0.1) is 11.8 Å². The molecule has 0 aromatic heterocycles. The lowest BCUT2D eigenvalue weighted by atomic mass is 9.98. The van der Waals surface area contributed by atoms with Crippen molar-refractivity contribution in [2.75, 3.05) is 0 Å². The van der Waals surface area contributed by atoms with Gasteiger partial charge in [0.2, 0.25) is 0 Å². The van der Waals surface area contributed by atoms with E-state index in [2.05, 4.69) is 11.8 Å². The topological polar surface area (TPSA) is 43.1 Å². The van der Waals surface area contributed by atoms with Crippen molar-refractivity contribution in [3.8, 4) is 11.8 Å². The van der Waals surface area contributed by atoms with Crippen LogP contribution in [0.25, 0.3) is 0 Å². The summed E-state index contributed by atoms with van der Waals surface area (Å²) in [4.78, 5) is 11.1. The first-order valence-electron chi connectivity index (χ1n) is 4.16. The van der Waals surface area contributed by atoms with Gasteiger partial charge in [0.15, 0.2) is 0 Å². The number of rotatable bonds is 4. The molecule has 0 atom stereocenters. The fourth-order valence-electron chi connectivity index (χ4n) is 0.737. The smallest absolute Gasteiger partial charge is 0.144 e. The van der Waals surface area contributed by atoms with E-state index in [1.165, 1.54) is 0 Å². The van der Waals surface area contributed by atoms with Crippen molar-refractivity contribution in [1.82, 2.24) is 0 Å². The predicted octanol–water partition coefficient (Wildman–Crippen LogP) is 1.49. The number of carbonyl (C=O) groups excluding carboxylic acids is 1. The van der Waals surface area contributed by atoms with E-state index in [9.17, 15) is 4.79 Å². The summed E-state index contributed by atoms with van der Waals surface area (Å²) >= 11 is 0. The number of ketones is 1. The Kier molecular flexibility index (Phi) is 4.61. The second-order valence-corrected chi connectivity index (χ2v) is 3.63. The highest BCUT2D eigenvalue weighted by Crippen LogP contribution is 2.07. The SMILES string of the molecule is CC#CCC(=O)CCC(C)(C)N. The van der Waals surface area contributed by atoms with E-state index < -0.39 is 0 Å². The molecule has 0 saturated heterocycles. The molecule has 0 bridgehead atoms. The summed E-state index contributed by atoms with van der Waals surface area (Å²) in [5.41, 5.74) is 5.48. The van der Waals surface area contributed by atoms with Crippen molar-refractivity contribution in [1.29, 1.82) is 0 Å². The molecule has 0 aliphatic heterocycles. The van der Waals surface area contributed by atoms with Crippen LogP contribution in [0.1, 0.15) is 40.0 Å². The molecule has 2 nitrogen and oxygen atoms in total. The van der Waals surface area contributed by atoms with Gasteiger partial charge in [0.25, 0.3) is 0 Å². The first kappa shape index (κ1) is 11.2. The van der Waals surface area contributed by atoms with Crippen molar-refractivity contribution in [2.45, 2.75) is 45.6 Å². The van der Waals surface area contributed by atoms with Crippen LogP contribution in [0.15, 0.2) is 0 Å². The monoisotopic (exact) mass is 167 g/mol. The minimum absolute atomic E-state index is 0.183. The average molecular weight is 167 g/mol. The quantitative estimate of drug-likeness (QED) is 0.644. The Morgan fingerprint density at radius 3 is 2.50 bits per heavy atom. The van der Waals surface area contributed by atoms with Gasteiger partial charge in [0.1, 0.15) is 5.78 Å². The number of hydrogen-bond acceptors (Lipinski definition) is 2. The lowest BCUT2D eigenvalue weighted by molar-refractivity contribution is -0.118. The van der Waals surface area contributed by atoms with Crippen LogP contribution in [0.2, 0.25) is 0 Å². The molecule has 0 rings (SSSR count). The van der Waals surface area contributed by atoms with Gasteiger partial charge in [0.05, 0.1) is 6.42 Å². The predicted molar refractivity (Wildman–Crippen MR) is 50.6 cm³/mol. The zero-order valence-corrected chi connectivity index (χ0v) is 8.11. The number of Topliss-reactive ketones (excluding diaryl/α,β-unsaturated/α-hetero) is 1. The summed E-state index contributed by atoms with van der Waals surface area (Å²) in [7, 11) is 0. The molecule has 68 valence electrons. The Hall–Kier alpha value is -0.810. The highest BCUT2D eigenvalue weighted by molar-refractivity contribution is 5.80. The summed E-state index contributed by atoms with van der Waals surface area (Å²) in [6.07, 6.45) is 1.64. The largest absolute Gasteiger partial charge is 0.326 e. The lowest BCUT2D eigenvalue weighted by Crippen LogP contribution is -2.32. The molecule has 2 heteroatoms. The van der Waals surface area contributed by atoms with Crippen molar-refractivity contribution in [3.05, 3.63) is 0 Å². The number of carbonyl (C=O) groups is 1. The average Bonchev–Trinajstić information content (AvgIpc) is 1.95. The van der Waals surface area contributed by atoms with Crippen LogP contribution < -0.4 is 5.73 Å². The third kappa shape index (κ3) is 7.30. The van der Waals surface area contributed by atoms with E-state index in [4.69, 9.17) is 5.73 Å². The minimum Gasteiger partial charge on any atom is -0.326 e. The first-order chi connectivity index (χ1) is 5.45. The molecule has 0 amide bonds. The van der Waals surface area contributed by atoms with Gasteiger partial charge in [-0.05, 0) is 27.2 Å². The van der Waals surface area contributed by atoms with Crippen molar-refractivity contribution >= 4 is 5.78 Å². The van der Waals surface area contributed by atoms with E-state index in [1.807, 2.05) is 13.8 Å². The molecule has 0 aromatic carbocycles. The van der Waals surface area contributed by atoms with Gasteiger partial charge < -0.3 is 5.73 Å². The van der Waals surface area contributed by atoms with Gasteiger partial charge in [-0.2, -0.15) is 0 Å². The Labute approximate surface area is 74.5 Å². The molecule has 0 radical (unpaired) electrons. The Morgan fingerprint density at radius 1 is 1.50 bits per heavy atom. The van der Waals surface area contributed by atoms with Gasteiger partial charge in [-0.1, -0.05) is 5.92 Å². The minimum atomic E-state index is -0.241. The van der Waals surface area contributed by atoms with Crippen molar-refractivity contribution in [2.24, 2.45) is 5.73 Å². The van der Waals surface area contributed by atoms with Gasteiger partial charge in [-0.3, -0.25) is 4.79 Å². The maximum atomic E-state index is 11.1. The second-order valence-electron chi connectivity index (χ2n) is 3.63. The Morgan fingerprint density at radius 2 is 2.08 bits per heavy atom. The fourth-order valence-corrected chi connectivity index (χ4v) is 0.737. The molecule has 2 N–H and O–H groups in total. The van der Waals surface area contributed by atoms with Crippen LogP contribution in [-0.4, -0.2) is 11.3 Å². The Bertz CT molecular complexity index is 202. The molecule has 0 heterocycles. The lowest BCUT2D eigenvalue weighted by Gasteiger charge is -2.16. The fraction of sp³-hybridized carbons (Fsp3) is 0.700. The molecular weight excluding hydrogens is 150 g/mol. The normalized spacial score (nSPS) is 10.3. The van der Waals surface area contributed by atoms with E-state index in [0.29, 0.717) is 12.8 Å². The molecule has 0 saturated carbocycles. The van der Waals surface area contributed by atoms with Gasteiger partial charge in [-0.25, -0.2) is 0 Å². The third-order valence-corrected chi connectivity index (χ3v) is 1.51. The molecular formula is C10H17NO. The van der Waals surface area contributed by atoms with Crippen molar-refractivity contribution < 1.29 is 4.79 Å². The summed E-state index contributed by atoms with van der Waals surface area (Å²) in [5.74, 6) is 5.62. The van der Waals surface area contributed by atoms with E-state index in [-0.39, 0.29) is 11.3 Å². The van der Waals surface area contributed by atoms with Crippen LogP contribution in [0.5, 0.6) is 0 Å². The zero-order chi connectivity index (χ0) is 9.61. The Balaban J connectivity index is 3.63. The van der Waals surface area contributed by atoms with Gasteiger partial charge >= 0.3 is 0 Å². The molecule has 0 fully saturated rings. The highest BCUT2D eigenvalue weighted by Gasteiger charge is 2.12. The van der Waals surface area contributed by atoms with E-state index >= 15 is 0 Å². The summed E-state index contributed by atoms with van der Waals surface area (Å²) < 4.78 is 0. The maximum Gasteiger partial charge on any atom is 0.144 e. The zero-order valence-electron chi connectivity index (χ0n) is 8.11. The van der Waals surface area contributed by atoms with Crippen LogP contribution >= 0.6 is 0 Å². The summed E-state index contributed by atoms with van der Waals surface area (Å²) in [6.45, 7) is 5.58. The van der Waals surface area contributed by atoms with Gasteiger partial charge in [-0.15, -0.1) is 5.92 Å². The second kappa shape index (κ2) is 4.95. The third-order valence-electron chi connectivity index (χ3n) is 1.51. The number of nitrogens with two attached hydrogens (primary N) is 1. The van der Waals surface area contributed by atoms with E-state index in [1.54, 1.807) is 6.92 Å². The molecule has 0 aromatic rings.